The van der Waals surface area contributed by atoms with Crippen LogP contribution in [0.15, 0.2) is 36.4 Å². The van der Waals surface area contributed by atoms with Crippen LogP contribution >= 0.6 is 0 Å². The van der Waals surface area contributed by atoms with Crippen LogP contribution in [0.1, 0.15) is 22.5 Å². The highest BCUT2D eigenvalue weighted by atomic mass is 16.5. The van der Waals surface area contributed by atoms with E-state index in [1.54, 1.807) is 7.11 Å². The first-order valence-corrected chi connectivity index (χ1v) is 6.96. The van der Waals surface area contributed by atoms with Crippen LogP contribution in [0.5, 0.6) is 5.75 Å². The average Bonchev–Trinajstić information content (AvgIpc) is 2.44. The van der Waals surface area contributed by atoms with Gasteiger partial charge in [-0.3, -0.25) is 4.98 Å². The lowest BCUT2D eigenvalue weighted by atomic mass is 10.1. The molecule has 0 bridgehead atoms. The number of nitrogens with one attached hydrogen (secondary N) is 1. The predicted octanol–water partition coefficient (Wildman–Crippen LogP) is 3.04. The van der Waals surface area contributed by atoms with Crippen molar-refractivity contribution in [2.75, 3.05) is 13.7 Å². The topological polar surface area (TPSA) is 34.1 Å². The first-order chi connectivity index (χ1) is 9.69. The molecule has 0 amide bonds. The molecule has 106 valence electrons. The molecule has 0 aliphatic carbocycles. The summed E-state index contributed by atoms with van der Waals surface area (Å²) in [5.41, 5.74) is 4.76. The summed E-state index contributed by atoms with van der Waals surface area (Å²) in [5, 5.41) is 3.44. The molecule has 3 nitrogen and oxygen atoms in total. The molecule has 0 spiro atoms. The SMILES string of the molecule is COc1cc(C)nc(CNCCc2ccccc2C)c1. The van der Waals surface area contributed by atoms with Crippen molar-refractivity contribution in [3.8, 4) is 5.75 Å². The molecule has 1 aromatic heterocycles. The van der Waals surface area contributed by atoms with E-state index >= 15 is 0 Å². The van der Waals surface area contributed by atoms with Gasteiger partial charge in [-0.25, -0.2) is 0 Å². The minimum atomic E-state index is 0.768. The molecule has 0 aliphatic heterocycles. The maximum atomic E-state index is 5.26. The lowest BCUT2D eigenvalue weighted by Crippen LogP contribution is -2.18. The molecule has 1 aromatic carbocycles. The highest BCUT2D eigenvalue weighted by Gasteiger charge is 2.01. The second kappa shape index (κ2) is 7.06. The van der Waals surface area contributed by atoms with Gasteiger partial charge in [-0.05, 0) is 37.9 Å². The van der Waals surface area contributed by atoms with Crippen LogP contribution in [0.3, 0.4) is 0 Å². The first-order valence-electron chi connectivity index (χ1n) is 6.96. The largest absolute Gasteiger partial charge is 0.497 e. The Morgan fingerprint density at radius 3 is 2.70 bits per heavy atom. The van der Waals surface area contributed by atoms with Crippen LogP contribution in [0.2, 0.25) is 0 Å². The van der Waals surface area contributed by atoms with Crippen molar-refractivity contribution in [3.05, 3.63) is 58.9 Å². The van der Waals surface area contributed by atoms with Gasteiger partial charge < -0.3 is 10.1 Å². The van der Waals surface area contributed by atoms with E-state index in [2.05, 4.69) is 41.5 Å². The normalized spacial score (nSPS) is 10.6. The fraction of sp³-hybridized carbons (Fsp3) is 0.353. The predicted molar refractivity (Wildman–Crippen MR) is 82.1 cm³/mol. The van der Waals surface area contributed by atoms with Crippen molar-refractivity contribution in [2.45, 2.75) is 26.8 Å². The summed E-state index contributed by atoms with van der Waals surface area (Å²) in [6, 6.07) is 12.4. The van der Waals surface area contributed by atoms with E-state index < -0.39 is 0 Å². The van der Waals surface area contributed by atoms with Gasteiger partial charge in [0.2, 0.25) is 0 Å². The molecule has 0 unspecified atom stereocenters. The van der Waals surface area contributed by atoms with Gasteiger partial charge in [0, 0.05) is 24.4 Å². The maximum Gasteiger partial charge on any atom is 0.122 e. The van der Waals surface area contributed by atoms with Crippen molar-refractivity contribution in [1.29, 1.82) is 0 Å². The van der Waals surface area contributed by atoms with Crippen molar-refractivity contribution < 1.29 is 4.74 Å². The molecule has 0 radical (unpaired) electrons. The van der Waals surface area contributed by atoms with Crippen molar-refractivity contribution in [1.82, 2.24) is 10.3 Å². The lowest BCUT2D eigenvalue weighted by Gasteiger charge is -2.09. The molecule has 0 aliphatic rings. The fourth-order valence-corrected chi connectivity index (χ4v) is 2.24. The number of ether oxygens (including phenoxy) is 1. The van der Waals surface area contributed by atoms with E-state index in [0.717, 1.165) is 36.6 Å². The van der Waals surface area contributed by atoms with Gasteiger partial charge in [-0.15, -0.1) is 0 Å². The number of aromatic nitrogens is 1. The third-order valence-electron chi connectivity index (χ3n) is 3.35. The quantitative estimate of drug-likeness (QED) is 0.819. The maximum absolute atomic E-state index is 5.26. The van der Waals surface area contributed by atoms with E-state index in [0.29, 0.717) is 0 Å². The van der Waals surface area contributed by atoms with Gasteiger partial charge in [0.05, 0.1) is 12.8 Å². The van der Waals surface area contributed by atoms with Crippen molar-refractivity contribution in [3.63, 3.8) is 0 Å². The summed E-state index contributed by atoms with van der Waals surface area (Å²) in [5.74, 6) is 0.869. The number of rotatable bonds is 6. The number of pyridine rings is 1. The smallest absolute Gasteiger partial charge is 0.122 e. The molecule has 3 heteroatoms. The summed E-state index contributed by atoms with van der Waals surface area (Å²) >= 11 is 0. The van der Waals surface area contributed by atoms with E-state index in [1.807, 2.05) is 19.1 Å². The van der Waals surface area contributed by atoms with Gasteiger partial charge in [-0.1, -0.05) is 24.3 Å². The van der Waals surface area contributed by atoms with Gasteiger partial charge in [0.1, 0.15) is 5.75 Å². The van der Waals surface area contributed by atoms with Gasteiger partial charge in [0.15, 0.2) is 0 Å². The van der Waals surface area contributed by atoms with Crippen molar-refractivity contribution >= 4 is 0 Å². The minimum absolute atomic E-state index is 0.768. The summed E-state index contributed by atoms with van der Waals surface area (Å²) in [6.07, 6.45) is 1.04. The molecule has 0 saturated heterocycles. The third-order valence-corrected chi connectivity index (χ3v) is 3.35. The Balaban J connectivity index is 1.84. The highest BCUT2D eigenvalue weighted by molar-refractivity contribution is 5.27. The monoisotopic (exact) mass is 270 g/mol. The van der Waals surface area contributed by atoms with Crippen molar-refractivity contribution in [2.24, 2.45) is 0 Å². The summed E-state index contributed by atoms with van der Waals surface area (Å²) in [7, 11) is 1.68. The molecule has 1 N–H and O–H groups in total. The second-order valence-electron chi connectivity index (χ2n) is 4.99. The highest BCUT2D eigenvalue weighted by Crippen LogP contribution is 2.13. The molecule has 0 saturated carbocycles. The zero-order valence-electron chi connectivity index (χ0n) is 12.4. The van der Waals surface area contributed by atoms with E-state index in [-0.39, 0.29) is 0 Å². The third kappa shape index (κ3) is 4.07. The Hall–Kier alpha value is -1.87. The number of aryl methyl sites for hydroxylation is 2. The molecular formula is C17H22N2O. The lowest BCUT2D eigenvalue weighted by molar-refractivity contribution is 0.412. The fourth-order valence-electron chi connectivity index (χ4n) is 2.24. The number of hydrogen-bond acceptors (Lipinski definition) is 3. The Bertz CT molecular complexity index is 567. The summed E-state index contributed by atoms with van der Waals surface area (Å²) in [4.78, 5) is 4.50. The summed E-state index contributed by atoms with van der Waals surface area (Å²) in [6.45, 7) is 5.86. The Kier molecular flexibility index (Phi) is 5.13. The minimum Gasteiger partial charge on any atom is -0.497 e. The molecule has 2 aromatic rings. The molecule has 2 rings (SSSR count). The van der Waals surface area contributed by atoms with Gasteiger partial charge in [0.25, 0.3) is 0 Å². The van der Waals surface area contributed by atoms with E-state index in [9.17, 15) is 0 Å². The Labute approximate surface area is 121 Å². The summed E-state index contributed by atoms with van der Waals surface area (Å²) < 4.78 is 5.26. The van der Waals surface area contributed by atoms with Crippen LogP contribution in [0, 0.1) is 13.8 Å². The number of hydrogen-bond donors (Lipinski definition) is 1. The number of methoxy groups -OCH3 is 1. The number of nitrogens with zero attached hydrogens (tertiary/aromatic N) is 1. The standard InChI is InChI=1S/C17H22N2O/c1-13-6-4-5-7-15(13)8-9-18-12-16-11-17(20-3)10-14(2)19-16/h4-7,10-11,18H,8-9,12H2,1-3H3. The number of benzene rings is 1. The molecule has 1 heterocycles. The first kappa shape index (κ1) is 14.5. The molecule has 0 atom stereocenters. The van der Waals surface area contributed by atoms with E-state index in [1.165, 1.54) is 11.1 Å². The Morgan fingerprint density at radius 2 is 1.95 bits per heavy atom. The van der Waals surface area contributed by atoms with E-state index in [4.69, 9.17) is 4.74 Å². The zero-order valence-corrected chi connectivity index (χ0v) is 12.4. The molecular weight excluding hydrogens is 248 g/mol. The Morgan fingerprint density at radius 1 is 1.15 bits per heavy atom. The average molecular weight is 270 g/mol. The second-order valence-corrected chi connectivity index (χ2v) is 4.99. The van der Waals surface area contributed by atoms with Crippen LogP contribution in [-0.2, 0) is 13.0 Å². The van der Waals surface area contributed by atoms with Crippen LogP contribution in [0.25, 0.3) is 0 Å². The van der Waals surface area contributed by atoms with Crippen LogP contribution < -0.4 is 10.1 Å². The van der Waals surface area contributed by atoms with Gasteiger partial charge >= 0.3 is 0 Å². The van der Waals surface area contributed by atoms with Crippen LogP contribution in [-0.4, -0.2) is 18.6 Å². The molecule has 0 fully saturated rings. The van der Waals surface area contributed by atoms with Crippen LogP contribution in [0.4, 0.5) is 0 Å². The van der Waals surface area contributed by atoms with Gasteiger partial charge in [-0.2, -0.15) is 0 Å². The zero-order chi connectivity index (χ0) is 14.4. The molecule has 20 heavy (non-hydrogen) atoms.